The van der Waals surface area contributed by atoms with Gasteiger partial charge in [0, 0.05) is 31.7 Å². The fourth-order valence-electron chi connectivity index (χ4n) is 4.31. The Morgan fingerprint density at radius 2 is 1.68 bits per heavy atom. The minimum Gasteiger partial charge on any atom is -0.508 e. The smallest absolute Gasteiger partial charge is 0.295 e. The SMILES string of the molecule is CC(C)Oc1ccc(/C(O)=C2\C(=O)C(=O)N(CCN3CCOCC3)C2c2ccc(O)cc2)cc1. The molecule has 8 nitrogen and oxygen atoms in total. The van der Waals surface area contributed by atoms with Gasteiger partial charge in [-0.3, -0.25) is 14.5 Å². The summed E-state index contributed by atoms with van der Waals surface area (Å²) in [6.07, 6.45) is 0.00531. The van der Waals surface area contributed by atoms with Crippen LogP contribution in [0.3, 0.4) is 0 Å². The summed E-state index contributed by atoms with van der Waals surface area (Å²) in [7, 11) is 0. The van der Waals surface area contributed by atoms with Gasteiger partial charge >= 0.3 is 0 Å². The molecule has 1 unspecified atom stereocenters. The van der Waals surface area contributed by atoms with Gasteiger partial charge in [-0.1, -0.05) is 12.1 Å². The summed E-state index contributed by atoms with van der Waals surface area (Å²) in [5.74, 6) is -0.878. The van der Waals surface area contributed by atoms with Crippen molar-refractivity contribution in [3.05, 3.63) is 65.2 Å². The van der Waals surface area contributed by atoms with Crippen molar-refractivity contribution >= 4 is 17.4 Å². The van der Waals surface area contributed by atoms with Gasteiger partial charge in [0.15, 0.2) is 0 Å². The number of hydrogen-bond donors (Lipinski definition) is 2. The lowest BCUT2D eigenvalue weighted by atomic mass is 9.95. The predicted molar refractivity (Wildman–Crippen MR) is 127 cm³/mol. The largest absolute Gasteiger partial charge is 0.508 e. The molecule has 1 atom stereocenters. The Morgan fingerprint density at radius 3 is 2.29 bits per heavy atom. The Labute approximate surface area is 199 Å². The zero-order chi connectivity index (χ0) is 24.2. The molecule has 2 aromatic rings. The molecule has 2 aliphatic heterocycles. The van der Waals surface area contributed by atoms with Crippen LogP contribution >= 0.6 is 0 Å². The van der Waals surface area contributed by atoms with E-state index in [0.29, 0.717) is 43.2 Å². The minimum atomic E-state index is -0.756. The molecule has 1 amide bonds. The first kappa shape index (κ1) is 23.8. The van der Waals surface area contributed by atoms with E-state index in [1.165, 1.54) is 17.0 Å². The number of phenols is 1. The quantitative estimate of drug-likeness (QED) is 0.368. The van der Waals surface area contributed by atoms with E-state index in [1.807, 2.05) is 13.8 Å². The summed E-state index contributed by atoms with van der Waals surface area (Å²) in [5.41, 5.74) is 1.10. The van der Waals surface area contributed by atoms with Crippen molar-refractivity contribution in [1.82, 2.24) is 9.80 Å². The van der Waals surface area contributed by atoms with Crippen LogP contribution in [0.25, 0.3) is 5.76 Å². The third kappa shape index (κ3) is 5.08. The normalized spacial score (nSPS) is 20.8. The summed E-state index contributed by atoms with van der Waals surface area (Å²) in [4.78, 5) is 29.9. The molecule has 2 aliphatic rings. The van der Waals surface area contributed by atoms with E-state index < -0.39 is 17.7 Å². The van der Waals surface area contributed by atoms with E-state index >= 15 is 0 Å². The standard InChI is InChI=1S/C26H30N2O6/c1-17(2)34-21-9-5-19(6-10-21)24(30)22-23(18-3-7-20(29)8-4-18)28(26(32)25(22)31)12-11-27-13-15-33-16-14-27/h3-10,17,23,29-30H,11-16H2,1-2H3/b24-22+. The topological polar surface area (TPSA) is 99.5 Å². The maximum absolute atomic E-state index is 13.1. The number of carbonyl (C=O) groups is 2. The number of carbonyl (C=O) groups excluding carboxylic acids is 2. The van der Waals surface area contributed by atoms with E-state index in [-0.39, 0.29) is 23.2 Å². The van der Waals surface area contributed by atoms with Crippen LogP contribution in [0.5, 0.6) is 11.5 Å². The zero-order valence-corrected chi connectivity index (χ0v) is 19.4. The Hall–Kier alpha value is -3.36. The Kier molecular flexibility index (Phi) is 7.19. The molecule has 0 bridgehead atoms. The molecule has 0 aliphatic carbocycles. The second-order valence-corrected chi connectivity index (χ2v) is 8.73. The number of nitrogens with zero attached hydrogens (tertiary/aromatic N) is 2. The number of benzene rings is 2. The molecule has 2 aromatic carbocycles. The highest BCUT2D eigenvalue weighted by Gasteiger charge is 2.46. The van der Waals surface area contributed by atoms with Crippen LogP contribution in [0, 0.1) is 0 Å². The summed E-state index contributed by atoms with van der Waals surface area (Å²) in [5, 5.41) is 20.9. The van der Waals surface area contributed by atoms with Gasteiger partial charge in [-0.05, 0) is 55.8 Å². The highest BCUT2D eigenvalue weighted by atomic mass is 16.5. The molecule has 4 rings (SSSR count). The Bertz CT molecular complexity index is 1060. The van der Waals surface area contributed by atoms with E-state index in [2.05, 4.69) is 4.90 Å². The number of aliphatic hydroxyl groups is 1. The van der Waals surface area contributed by atoms with Gasteiger partial charge in [0.1, 0.15) is 17.3 Å². The first-order chi connectivity index (χ1) is 16.3. The summed E-state index contributed by atoms with van der Waals surface area (Å²) < 4.78 is 11.0. The molecular weight excluding hydrogens is 436 g/mol. The molecule has 2 saturated heterocycles. The van der Waals surface area contributed by atoms with E-state index in [0.717, 1.165) is 13.1 Å². The fraction of sp³-hybridized carbons (Fsp3) is 0.385. The molecular formula is C26H30N2O6. The van der Waals surface area contributed by atoms with Crippen molar-refractivity contribution in [2.45, 2.75) is 26.0 Å². The molecule has 8 heteroatoms. The van der Waals surface area contributed by atoms with Gasteiger partial charge in [0.2, 0.25) is 0 Å². The number of phenolic OH excluding ortho intramolecular Hbond substituents is 1. The number of aromatic hydroxyl groups is 1. The van der Waals surface area contributed by atoms with E-state index in [9.17, 15) is 19.8 Å². The van der Waals surface area contributed by atoms with Gasteiger partial charge in [0.25, 0.3) is 11.7 Å². The van der Waals surface area contributed by atoms with Crippen LogP contribution in [0.1, 0.15) is 31.0 Å². The van der Waals surface area contributed by atoms with Gasteiger partial charge in [-0.15, -0.1) is 0 Å². The van der Waals surface area contributed by atoms with E-state index in [4.69, 9.17) is 9.47 Å². The summed E-state index contributed by atoms with van der Waals surface area (Å²) >= 11 is 0. The predicted octanol–water partition coefficient (Wildman–Crippen LogP) is 2.93. The average Bonchev–Trinajstić information content (AvgIpc) is 3.08. The Balaban J connectivity index is 1.69. The molecule has 34 heavy (non-hydrogen) atoms. The lowest BCUT2D eigenvalue weighted by Crippen LogP contribution is -2.42. The van der Waals surface area contributed by atoms with Crippen molar-refractivity contribution in [1.29, 1.82) is 0 Å². The highest BCUT2D eigenvalue weighted by Crippen LogP contribution is 2.39. The van der Waals surface area contributed by atoms with Gasteiger partial charge in [-0.25, -0.2) is 0 Å². The van der Waals surface area contributed by atoms with E-state index in [1.54, 1.807) is 36.4 Å². The van der Waals surface area contributed by atoms with Crippen LogP contribution in [0.4, 0.5) is 0 Å². The van der Waals surface area contributed by atoms with Crippen LogP contribution in [-0.2, 0) is 14.3 Å². The minimum absolute atomic E-state index is 0.00531. The third-order valence-electron chi connectivity index (χ3n) is 6.01. The average molecular weight is 467 g/mol. The number of Topliss-reactive ketones (excluding diaryl/α,β-unsaturated/α-hetero) is 1. The number of hydrogen-bond acceptors (Lipinski definition) is 7. The number of amides is 1. The second-order valence-electron chi connectivity index (χ2n) is 8.73. The van der Waals surface area contributed by atoms with Crippen molar-refractivity contribution in [3.63, 3.8) is 0 Å². The summed E-state index contributed by atoms with van der Waals surface area (Å²) in [6.45, 7) is 7.55. The Morgan fingerprint density at radius 1 is 1.03 bits per heavy atom. The van der Waals surface area contributed by atoms with Crippen molar-refractivity contribution in [2.24, 2.45) is 0 Å². The van der Waals surface area contributed by atoms with Crippen LogP contribution in [0.15, 0.2) is 54.1 Å². The maximum atomic E-state index is 13.1. The number of ether oxygens (including phenoxy) is 2. The van der Waals surface area contributed by atoms with Crippen LogP contribution in [-0.4, -0.2) is 77.2 Å². The number of likely N-dealkylation sites (tertiary alicyclic amines) is 1. The number of aliphatic hydroxyl groups excluding tert-OH is 1. The monoisotopic (exact) mass is 466 g/mol. The first-order valence-electron chi connectivity index (χ1n) is 11.5. The number of rotatable bonds is 7. The second kappa shape index (κ2) is 10.3. The fourth-order valence-corrected chi connectivity index (χ4v) is 4.31. The van der Waals surface area contributed by atoms with Crippen LogP contribution in [0.2, 0.25) is 0 Å². The highest BCUT2D eigenvalue weighted by molar-refractivity contribution is 6.46. The lowest BCUT2D eigenvalue weighted by Gasteiger charge is -2.31. The molecule has 2 fully saturated rings. The molecule has 180 valence electrons. The lowest BCUT2D eigenvalue weighted by molar-refractivity contribution is -0.140. The first-order valence-corrected chi connectivity index (χ1v) is 11.5. The third-order valence-corrected chi connectivity index (χ3v) is 6.01. The van der Waals surface area contributed by atoms with Crippen molar-refractivity contribution in [2.75, 3.05) is 39.4 Å². The molecule has 0 spiro atoms. The molecule has 0 saturated carbocycles. The zero-order valence-electron chi connectivity index (χ0n) is 19.4. The molecule has 0 aromatic heterocycles. The number of ketones is 1. The van der Waals surface area contributed by atoms with Gasteiger partial charge in [-0.2, -0.15) is 0 Å². The molecule has 2 N–H and O–H groups in total. The van der Waals surface area contributed by atoms with Gasteiger partial charge in [0.05, 0.1) is 30.9 Å². The molecule has 2 heterocycles. The van der Waals surface area contributed by atoms with Crippen LogP contribution < -0.4 is 4.74 Å². The molecule has 0 radical (unpaired) electrons. The van der Waals surface area contributed by atoms with Crippen molar-refractivity contribution < 1.29 is 29.3 Å². The summed E-state index contributed by atoms with van der Waals surface area (Å²) in [6, 6.07) is 12.4. The van der Waals surface area contributed by atoms with Gasteiger partial charge < -0.3 is 24.6 Å². The van der Waals surface area contributed by atoms with Crippen molar-refractivity contribution in [3.8, 4) is 11.5 Å². The number of morpholine rings is 1. The maximum Gasteiger partial charge on any atom is 0.295 e.